The minimum Gasteiger partial charge on any atom is -0.456 e. The van der Waals surface area contributed by atoms with Gasteiger partial charge in [0.2, 0.25) is 9.76 Å². The van der Waals surface area contributed by atoms with Crippen molar-refractivity contribution < 1.29 is 18.4 Å². The summed E-state index contributed by atoms with van der Waals surface area (Å²) in [6.45, 7) is 6.90. The van der Waals surface area contributed by atoms with Crippen molar-refractivity contribution in [3.05, 3.63) is 0 Å². The molecular formula is C8H16O4Si2. The molecule has 4 nitrogen and oxygen atoms in total. The standard InChI is InChI=1S/C8H16O4Si2/c1-14(2,3)12-13-5-4-7-6-10-8(9)11-7/h7H,4-6H2,1-3H3. The first-order valence-electron chi connectivity index (χ1n) is 4.72. The highest BCUT2D eigenvalue weighted by Crippen LogP contribution is 2.12. The lowest BCUT2D eigenvalue weighted by Crippen LogP contribution is -2.27. The summed E-state index contributed by atoms with van der Waals surface area (Å²) in [4.78, 5) is 10.6. The molecule has 0 amide bonds. The number of rotatable bonds is 5. The molecule has 0 aromatic carbocycles. The third-order valence-corrected chi connectivity index (χ3v) is 5.12. The molecule has 1 unspecified atom stereocenters. The topological polar surface area (TPSA) is 44.8 Å². The summed E-state index contributed by atoms with van der Waals surface area (Å²) in [6.07, 6.45) is 0.249. The van der Waals surface area contributed by atoms with Gasteiger partial charge in [-0.3, -0.25) is 0 Å². The number of hydrogen-bond donors (Lipinski definition) is 0. The van der Waals surface area contributed by atoms with Gasteiger partial charge in [0.1, 0.15) is 12.7 Å². The molecule has 1 rings (SSSR count). The second-order valence-electron chi connectivity index (χ2n) is 4.20. The van der Waals surface area contributed by atoms with Crippen LogP contribution in [0.2, 0.25) is 25.7 Å². The largest absolute Gasteiger partial charge is 0.508 e. The lowest BCUT2D eigenvalue weighted by molar-refractivity contribution is 0.117. The van der Waals surface area contributed by atoms with Gasteiger partial charge in [-0.25, -0.2) is 4.79 Å². The Hall–Kier alpha value is -0.336. The highest BCUT2D eigenvalue weighted by Gasteiger charge is 2.24. The highest BCUT2D eigenvalue weighted by molar-refractivity contribution is 6.73. The number of ether oxygens (including phenoxy) is 2. The predicted molar refractivity (Wildman–Crippen MR) is 55.8 cm³/mol. The Morgan fingerprint density at radius 2 is 2.29 bits per heavy atom. The maximum atomic E-state index is 10.6. The van der Waals surface area contributed by atoms with E-state index in [4.69, 9.17) is 8.85 Å². The SMILES string of the molecule is C[Si](C)(C)O[Si]CCC1COC(=O)O1. The van der Waals surface area contributed by atoms with Gasteiger partial charge in [-0.05, 0) is 32.1 Å². The fourth-order valence-corrected chi connectivity index (χ4v) is 3.57. The van der Waals surface area contributed by atoms with Gasteiger partial charge in [0, 0.05) is 0 Å². The van der Waals surface area contributed by atoms with Crippen LogP contribution in [0.4, 0.5) is 4.79 Å². The van der Waals surface area contributed by atoms with Gasteiger partial charge in [-0.1, -0.05) is 0 Å². The maximum absolute atomic E-state index is 10.6. The van der Waals surface area contributed by atoms with Crippen LogP contribution >= 0.6 is 0 Å². The van der Waals surface area contributed by atoms with E-state index in [1.165, 1.54) is 0 Å². The first-order chi connectivity index (χ1) is 6.47. The Balaban J connectivity index is 2.02. The average Bonchev–Trinajstić information content (AvgIpc) is 2.44. The first kappa shape index (κ1) is 11.7. The second kappa shape index (κ2) is 4.95. The Morgan fingerprint density at radius 1 is 1.57 bits per heavy atom. The molecule has 0 N–H and O–H groups in total. The van der Waals surface area contributed by atoms with Crippen molar-refractivity contribution in [1.29, 1.82) is 0 Å². The van der Waals surface area contributed by atoms with E-state index in [1.54, 1.807) is 0 Å². The fourth-order valence-electron chi connectivity index (χ4n) is 0.995. The first-order valence-corrected chi connectivity index (χ1v) is 9.24. The summed E-state index contributed by atoms with van der Waals surface area (Å²) in [7, 11) is -0.857. The lowest BCUT2D eigenvalue weighted by Gasteiger charge is -2.16. The van der Waals surface area contributed by atoms with Crippen LogP contribution in [0.3, 0.4) is 0 Å². The van der Waals surface area contributed by atoms with Crippen molar-refractivity contribution in [1.82, 2.24) is 0 Å². The van der Waals surface area contributed by atoms with Crippen LogP contribution in [-0.4, -0.2) is 36.9 Å². The van der Waals surface area contributed by atoms with E-state index >= 15 is 0 Å². The van der Waals surface area contributed by atoms with Crippen LogP contribution < -0.4 is 0 Å². The van der Waals surface area contributed by atoms with Gasteiger partial charge in [0.05, 0.1) is 0 Å². The van der Waals surface area contributed by atoms with E-state index in [2.05, 4.69) is 24.4 Å². The van der Waals surface area contributed by atoms with Crippen molar-refractivity contribution in [2.75, 3.05) is 6.61 Å². The summed E-state index contributed by atoms with van der Waals surface area (Å²) in [5.41, 5.74) is 0. The molecule has 6 heteroatoms. The minimum absolute atomic E-state index is 0.0553. The summed E-state index contributed by atoms with van der Waals surface area (Å²) >= 11 is 0. The molecule has 0 aliphatic carbocycles. The molecule has 0 bridgehead atoms. The zero-order chi connectivity index (χ0) is 10.6. The van der Waals surface area contributed by atoms with Gasteiger partial charge in [0.15, 0.2) is 8.32 Å². The van der Waals surface area contributed by atoms with Crippen LogP contribution in [0.1, 0.15) is 6.42 Å². The van der Waals surface area contributed by atoms with Crippen molar-refractivity contribution in [2.45, 2.75) is 38.2 Å². The zero-order valence-corrected chi connectivity index (χ0v) is 10.8. The van der Waals surface area contributed by atoms with Crippen LogP contribution in [-0.2, 0) is 13.6 Å². The molecule has 1 atom stereocenters. The monoisotopic (exact) mass is 232 g/mol. The summed E-state index contributed by atoms with van der Waals surface area (Å²) in [5.74, 6) is 0. The van der Waals surface area contributed by atoms with E-state index in [9.17, 15) is 4.79 Å². The third kappa shape index (κ3) is 4.78. The van der Waals surface area contributed by atoms with E-state index in [0.29, 0.717) is 16.4 Å². The van der Waals surface area contributed by atoms with Crippen LogP contribution in [0.15, 0.2) is 0 Å². The molecule has 0 spiro atoms. The van der Waals surface area contributed by atoms with Gasteiger partial charge in [-0.15, -0.1) is 0 Å². The molecule has 1 fully saturated rings. The molecule has 80 valence electrons. The Labute approximate surface area is 88.0 Å². The molecule has 0 aromatic rings. The molecule has 1 saturated heterocycles. The second-order valence-corrected chi connectivity index (χ2v) is 10.0. The van der Waals surface area contributed by atoms with Crippen molar-refractivity contribution in [2.24, 2.45) is 0 Å². The van der Waals surface area contributed by atoms with Crippen LogP contribution in [0.5, 0.6) is 0 Å². The minimum atomic E-state index is -1.37. The van der Waals surface area contributed by atoms with Gasteiger partial charge >= 0.3 is 6.16 Å². The van der Waals surface area contributed by atoms with Gasteiger partial charge < -0.3 is 13.6 Å². The Bertz CT molecular complexity index is 202. The molecule has 1 aliphatic heterocycles. The van der Waals surface area contributed by atoms with Crippen molar-refractivity contribution >= 4 is 24.2 Å². The quantitative estimate of drug-likeness (QED) is 0.412. The van der Waals surface area contributed by atoms with Crippen molar-refractivity contribution in [3.63, 3.8) is 0 Å². The van der Waals surface area contributed by atoms with Crippen LogP contribution in [0.25, 0.3) is 0 Å². The Morgan fingerprint density at radius 3 is 2.79 bits per heavy atom. The summed E-state index contributed by atoms with van der Waals surface area (Å²) in [6, 6.07) is 0.950. The number of carbonyl (C=O) groups excluding carboxylic acids is 1. The number of cyclic esters (lactones) is 2. The third-order valence-electron chi connectivity index (χ3n) is 1.60. The summed E-state index contributed by atoms with van der Waals surface area (Å²) in [5, 5.41) is 0. The zero-order valence-electron chi connectivity index (χ0n) is 8.83. The molecule has 14 heavy (non-hydrogen) atoms. The molecule has 2 radical (unpaired) electrons. The van der Waals surface area contributed by atoms with E-state index in [0.717, 1.165) is 12.5 Å². The molecule has 0 aromatic heterocycles. The highest BCUT2D eigenvalue weighted by atomic mass is 28.4. The molecule has 1 aliphatic rings. The smallest absolute Gasteiger partial charge is 0.456 e. The molecule has 1 heterocycles. The number of hydrogen-bond acceptors (Lipinski definition) is 4. The van der Waals surface area contributed by atoms with E-state index < -0.39 is 14.5 Å². The fraction of sp³-hybridized carbons (Fsp3) is 0.875. The van der Waals surface area contributed by atoms with Crippen LogP contribution in [0, 0.1) is 0 Å². The van der Waals surface area contributed by atoms with Gasteiger partial charge in [-0.2, -0.15) is 0 Å². The molecule has 0 saturated carbocycles. The Kier molecular flexibility index (Phi) is 4.15. The van der Waals surface area contributed by atoms with E-state index in [1.807, 2.05) is 0 Å². The van der Waals surface area contributed by atoms with E-state index in [-0.39, 0.29) is 6.10 Å². The summed E-state index contributed by atoms with van der Waals surface area (Å²) < 4.78 is 15.3. The normalized spacial score (nSPS) is 21.9. The average molecular weight is 232 g/mol. The molecular weight excluding hydrogens is 216 g/mol. The van der Waals surface area contributed by atoms with Crippen molar-refractivity contribution in [3.8, 4) is 0 Å². The van der Waals surface area contributed by atoms with Gasteiger partial charge in [0.25, 0.3) is 0 Å². The predicted octanol–water partition coefficient (Wildman–Crippen LogP) is 1.80. The lowest BCUT2D eigenvalue weighted by atomic mass is 10.3. The number of carbonyl (C=O) groups is 1. The maximum Gasteiger partial charge on any atom is 0.508 e.